The molecule has 0 unspecified atom stereocenters. The van der Waals surface area contributed by atoms with E-state index in [1.807, 2.05) is 58.9 Å². The van der Waals surface area contributed by atoms with Gasteiger partial charge >= 0.3 is 11.9 Å². The topological polar surface area (TPSA) is 242 Å². The summed E-state index contributed by atoms with van der Waals surface area (Å²) in [6.07, 6.45) is 16.7. The Balaban J connectivity index is 0.000000176. The van der Waals surface area contributed by atoms with E-state index < -0.39 is 22.2 Å². The van der Waals surface area contributed by atoms with Crippen molar-refractivity contribution in [2.45, 2.75) is 98.3 Å². The van der Waals surface area contributed by atoms with Crippen LogP contribution < -0.4 is 14.8 Å². The maximum atomic E-state index is 12.9. The molecule has 8 rings (SSSR count). The summed E-state index contributed by atoms with van der Waals surface area (Å²) in [4.78, 5) is 74.6. The van der Waals surface area contributed by atoms with E-state index in [2.05, 4.69) is 50.2 Å². The number of hydrogen-bond donors (Lipinski definition) is 2. The van der Waals surface area contributed by atoms with E-state index in [0.717, 1.165) is 47.0 Å². The molecule has 0 saturated heterocycles. The third-order valence-electron chi connectivity index (χ3n) is 10.9. The van der Waals surface area contributed by atoms with Crippen molar-refractivity contribution in [2.75, 3.05) is 19.9 Å². The number of esters is 1. The van der Waals surface area contributed by atoms with Crippen LogP contribution in [-0.4, -0.2) is 101 Å². The highest BCUT2D eigenvalue weighted by molar-refractivity contribution is 5.87. The predicted octanol–water partition coefficient (Wildman–Crippen LogP) is 5.87. The molecule has 0 bridgehead atoms. The maximum Gasteiger partial charge on any atom is 0.317 e. The fraction of sp³-hybridized carbons (Fsp3) is 0.375. The number of aliphatic carboxylic acids is 1. The number of imidazole rings is 3. The van der Waals surface area contributed by atoms with Crippen LogP contribution in [0.1, 0.15) is 94.6 Å². The minimum absolute atomic E-state index is 0.0668. The molecule has 68 heavy (non-hydrogen) atoms. The second-order valence-corrected chi connectivity index (χ2v) is 17.4. The standard InChI is InChI=1S/C22H25N5O3.C14H18N4O2.C12H14N4O2/c1-15-11-19(26-21(25-15)27-10-9-23-13-27)22(2,3)20(28)24-8-4-5-16-6-7-17-18(12-16)30-14-29-17;1-5-20-12(19)14(3,4)11-8-10(2)16-13(17-11)18-7-6-15-9-18;1-8-6-9(12(2,3)10(17)18)15-11(14-8)16-5-4-13-7-16/h6-7,9-13H,4-5,8,14H2,1-3H3,(H,24,28);6-9H,5H2,1-4H3;4-7H,1-3H3,(H,17,18). The van der Waals surface area contributed by atoms with Gasteiger partial charge < -0.3 is 24.6 Å². The first-order chi connectivity index (χ1) is 32.3. The van der Waals surface area contributed by atoms with Gasteiger partial charge in [0.1, 0.15) is 29.8 Å². The number of aromatic nitrogens is 12. The van der Waals surface area contributed by atoms with Crippen LogP contribution in [0.2, 0.25) is 0 Å². The van der Waals surface area contributed by atoms with Crippen molar-refractivity contribution in [3.05, 3.63) is 132 Å². The molecule has 1 amide bonds. The third-order valence-corrected chi connectivity index (χ3v) is 10.9. The zero-order valence-electron chi connectivity index (χ0n) is 40.0. The molecule has 0 radical (unpaired) electrons. The number of benzene rings is 1. The molecule has 0 spiro atoms. The lowest BCUT2D eigenvalue weighted by Crippen LogP contribution is -2.41. The molecule has 0 saturated carbocycles. The second kappa shape index (κ2) is 21.2. The van der Waals surface area contributed by atoms with Gasteiger partial charge in [0.15, 0.2) is 11.5 Å². The molecule has 20 nitrogen and oxygen atoms in total. The molecule has 0 atom stereocenters. The van der Waals surface area contributed by atoms with Gasteiger partial charge in [0.25, 0.3) is 0 Å². The highest BCUT2D eigenvalue weighted by Crippen LogP contribution is 2.33. The Bertz CT molecular complexity index is 2820. The van der Waals surface area contributed by atoms with Crippen LogP contribution in [0.25, 0.3) is 17.8 Å². The first-order valence-corrected chi connectivity index (χ1v) is 21.9. The smallest absolute Gasteiger partial charge is 0.317 e. The summed E-state index contributed by atoms with van der Waals surface area (Å²) in [5.74, 6) is 1.71. The number of nitrogens with zero attached hydrogens (tertiary/aromatic N) is 12. The molecule has 20 heteroatoms. The number of ether oxygens (including phenoxy) is 3. The Hall–Kier alpha value is -7.90. The lowest BCUT2D eigenvalue weighted by atomic mass is 9.87. The van der Waals surface area contributed by atoms with Crippen molar-refractivity contribution in [2.24, 2.45) is 0 Å². The largest absolute Gasteiger partial charge is 0.481 e. The molecular weight excluding hydrogens is 871 g/mol. The van der Waals surface area contributed by atoms with E-state index in [1.54, 1.807) is 117 Å². The molecule has 0 fully saturated rings. The van der Waals surface area contributed by atoms with Gasteiger partial charge in [-0.3, -0.25) is 28.1 Å². The van der Waals surface area contributed by atoms with Crippen LogP contribution in [0.15, 0.2) is 92.6 Å². The average molecular weight is 928 g/mol. The first-order valence-electron chi connectivity index (χ1n) is 21.9. The maximum absolute atomic E-state index is 12.9. The quantitative estimate of drug-likeness (QED) is 0.0957. The summed E-state index contributed by atoms with van der Waals surface area (Å²) in [5, 5.41) is 12.3. The summed E-state index contributed by atoms with van der Waals surface area (Å²) in [7, 11) is 0. The van der Waals surface area contributed by atoms with Gasteiger partial charge in [0.05, 0.1) is 29.1 Å². The summed E-state index contributed by atoms with van der Waals surface area (Å²) in [6.45, 7) is 19.1. The van der Waals surface area contributed by atoms with Crippen LogP contribution in [0, 0.1) is 20.8 Å². The van der Waals surface area contributed by atoms with Gasteiger partial charge in [0, 0.05) is 60.8 Å². The third kappa shape index (κ3) is 11.9. The Morgan fingerprint density at radius 1 is 0.647 bits per heavy atom. The van der Waals surface area contributed by atoms with Crippen LogP contribution in [0.4, 0.5) is 0 Å². The fourth-order valence-electron chi connectivity index (χ4n) is 6.55. The lowest BCUT2D eigenvalue weighted by Gasteiger charge is -2.24. The Kier molecular flexibility index (Phi) is 15.4. The van der Waals surface area contributed by atoms with Gasteiger partial charge in [-0.2, -0.15) is 0 Å². The van der Waals surface area contributed by atoms with E-state index in [-0.39, 0.29) is 18.7 Å². The number of carbonyl (C=O) groups is 3. The molecule has 7 heterocycles. The molecular formula is C48H57N13O7. The lowest BCUT2D eigenvalue weighted by molar-refractivity contribution is -0.149. The molecule has 6 aromatic heterocycles. The molecule has 2 N–H and O–H groups in total. The van der Waals surface area contributed by atoms with Crippen molar-refractivity contribution in [3.8, 4) is 29.3 Å². The molecule has 1 aromatic carbocycles. The number of carboxylic acid groups (broad SMARTS) is 1. The SMILES string of the molecule is CCOC(=O)C(C)(C)c1cc(C)nc(-n2ccnc2)n1.Cc1cc(C(C)(C)C(=O)NCCCc2ccc3c(c2)OCO3)nc(-n2ccnc2)n1.Cc1cc(C(C)(C)C(=O)O)nc(-n2ccnc2)n1. The zero-order chi connectivity index (χ0) is 49.2. The second-order valence-electron chi connectivity index (χ2n) is 17.4. The number of hydrogen-bond acceptors (Lipinski definition) is 15. The summed E-state index contributed by atoms with van der Waals surface area (Å²) in [6, 6.07) is 11.3. The highest BCUT2D eigenvalue weighted by Gasteiger charge is 2.35. The van der Waals surface area contributed by atoms with Crippen molar-refractivity contribution in [1.82, 2.24) is 63.9 Å². The van der Waals surface area contributed by atoms with Crippen LogP contribution in [0.5, 0.6) is 11.5 Å². The van der Waals surface area contributed by atoms with E-state index in [0.29, 0.717) is 48.1 Å². The Morgan fingerprint density at radius 3 is 1.54 bits per heavy atom. The number of amides is 1. The number of nitrogens with one attached hydrogen (secondary N) is 1. The van der Waals surface area contributed by atoms with Crippen molar-refractivity contribution in [1.29, 1.82) is 0 Å². The molecule has 1 aliphatic heterocycles. The zero-order valence-corrected chi connectivity index (χ0v) is 40.0. The van der Waals surface area contributed by atoms with Crippen molar-refractivity contribution in [3.63, 3.8) is 0 Å². The van der Waals surface area contributed by atoms with Crippen molar-refractivity contribution < 1.29 is 33.7 Å². The van der Waals surface area contributed by atoms with E-state index >= 15 is 0 Å². The average Bonchev–Trinajstić information content (AvgIpc) is 4.16. The summed E-state index contributed by atoms with van der Waals surface area (Å²) < 4.78 is 20.9. The van der Waals surface area contributed by atoms with Crippen LogP contribution >= 0.6 is 0 Å². The minimum atomic E-state index is -1.05. The van der Waals surface area contributed by atoms with E-state index in [4.69, 9.17) is 14.2 Å². The van der Waals surface area contributed by atoms with Gasteiger partial charge in [0.2, 0.25) is 30.5 Å². The minimum Gasteiger partial charge on any atom is -0.481 e. The summed E-state index contributed by atoms with van der Waals surface area (Å²) in [5.41, 5.74) is 2.58. The normalized spacial score (nSPS) is 12.0. The van der Waals surface area contributed by atoms with Crippen LogP contribution in [-0.2, 0) is 41.8 Å². The van der Waals surface area contributed by atoms with Crippen molar-refractivity contribution >= 4 is 17.8 Å². The first kappa shape index (κ1) is 49.5. The molecule has 356 valence electrons. The monoisotopic (exact) mass is 927 g/mol. The van der Waals surface area contributed by atoms with Crippen LogP contribution in [0.3, 0.4) is 0 Å². The molecule has 1 aliphatic rings. The number of rotatable bonds is 14. The van der Waals surface area contributed by atoms with Gasteiger partial charge in [-0.15, -0.1) is 0 Å². The number of carboxylic acids is 1. The summed E-state index contributed by atoms with van der Waals surface area (Å²) >= 11 is 0. The number of fused-ring (bicyclic) bond motifs is 1. The number of aryl methyl sites for hydroxylation is 4. The van der Waals surface area contributed by atoms with Gasteiger partial charge in [-0.25, -0.2) is 44.9 Å². The molecule has 0 aliphatic carbocycles. The van der Waals surface area contributed by atoms with Gasteiger partial charge in [-0.05, 0) is 118 Å². The Morgan fingerprint density at radius 2 is 1.10 bits per heavy atom. The van der Waals surface area contributed by atoms with E-state index in [9.17, 15) is 19.5 Å². The fourth-order valence-corrected chi connectivity index (χ4v) is 6.55. The number of carbonyl (C=O) groups excluding carboxylic acids is 2. The highest BCUT2D eigenvalue weighted by atomic mass is 16.7. The Labute approximate surface area is 394 Å². The van der Waals surface area contributed by atoms with E-state index in [1.165, 1.54) is 0 Å². The molecule has 7 aromatic rings. The predicted molar refractivity (Wildman–Crippen MR) is 249 cm³/mol. The van der Waals surface area contributed by atoms with Gasteiger partial charge in [-0.1, -0.05) is 6.07 Å².